The van der Waals surface area contributed by atoms with Crippen molar-refractivity contribution in [2.24, 2.45) is 0 Å². The quantitative estimate of drug-likeness (QED) is 0.477. The highest BCUT2D eigenvalue weighted by molar-refractivity contribution is 5.17. The summed E-state index contributed by atoms with van der Waals surface area (Å²) >= 11 is 0. The summed E-state index contributed by atoms with van der Waals surface area (Å²) < 4.78 is 48.9. The lowest BCUT2D eigenvalue weighted by Gasteiger charge is -2.02. The van der Waals surface area contributed by atoms with Gasteiger partial charge in [-0.3, -0.25) is 0 Å². The van der Waals surface area contributed by atoms with E-state index in [-0.39, 0.29) is 5.69 Å². The first-order valence-electron chi connectivity index (χ1n) is 3.13. The van der Waals surface area contributed by atoms with Gasteiger partial charge in [-0.25, -0.2) is 18.2 Å². The molecule has 0 fully saturated rings. The second-order valence-electron chi connectivity index (χ2n) is 2.24. The molecule has 0 aliphatic carbocycles. The van der Waals surface area contributed by atoms with Gasteiger partial charge in [0.05, 0.1) is 11.3 Å². The van der Waals surface area contributed by atoms with E-state index in [1.165, 1.54) is 6.92 Å². The number of rotatable bonds is 1. The van der Waals surface area contributed by atoms with Gasteiger partial charge in [0.1, 0.15) is 5.82 Å². The molecule has 5 heteroatoms. The van der Waals surface area contributed by atoms with Crippen molar-refractivity contribution in [3.05, 3.63) is 29.1 Å². The molecule has 0 spiro atoms. The predicted molar refractivity (Wildman–Crippen MR) is 33.8 cm³/mol. The maximum Gasteiger partial charge on any atom is 0.268 e. The van der Waals surface area contributed by atoms with Gasteiger partial charge in [0.2, 0.25) is 5.95 Å². The Morgan fingerprint density at radius 2 is 1.92 bits per heavy atom. The molecule has 66 valence electrons. The van der Waals surface area contributed by atoms with Crippen molar-refractivity contribution in [3.63, 3.8) is 0 Å². The highest BCUT2D eigenvalue weighted by atomic mass is 19.3. The van der Waals surface area contributed by atoms with Gasteiger partial charge in [-0.1, -0.05) is 0 Å². The number of nitrogens with zero attached hydrogens (tertiary/aromatic N) is 1. The molecule has 1 aromatic rings. The van der Waals surface area contributed by atoms with Gasteiger partial charge in [-0.2, -0.15) is 4.39 Å². The summed E-state index contributed by atoms with van der Waals surface area (Å²) in [5.74, 6) is -2.24. The van der Waals surface area contributed by atoms with Crippen LogP contribution in [0.25, 0.3) is 0 Å². The van der Waals surface area contributed by atoms with Crippen LogP contribution in [0.3, 0.4) is 0 Å². The Bertz CT molecular complexity index is 298. The zero-order valence-electron chi connectivity index (χ0n) is 6.11. The van der Waals surface area contributed by atoms with Crippen molar-refractivity contribution in [3.8, 4) is 0 Å². The zero-order chi connectivity index (χ0) is 9.30. The van der Waals surface area contributed by atoms with E-state index in [0.29, 0.717) is 6.07 Å². The van der Waals surface area contributed by atoms with Crippen molar-refractivity contribution in [2.75, 3.05) is 0 Å². The largest absolute Gasteiger partial charge is 0.268 e. The third-order valence-electron chi connectivity index (χ3n) is 1.37. The summed E-state index contributed by atoms with van der Waals surface area (Å²) in [5.41, 5.74) is -1.23. The van der Waals surface area contributed by atoms with Crippen LogP contribution in [0.4, 0.5) is 17.6 Å². The number of hydrogen-bond donors (Lipinski definition) is 0. The van der Waals surface area contributed by atoms with Crippen molar-refractivity contribution >= 4 is 0 Å². The minimum atomic E-state index is -3.03. The smallest absolute Gasteiger partial charge is 0.222 e. The highest BCUT2D eigenvalue weighted by Crippen LogP contribution is 2.22. The Morgan fingerprint density at radius 1 is 1.33 bits per heavy atom. The first kappa shape index (κ1) is 8.96. The van der Waals surface area contributed by atoms with Gasteiger partial charge < -0.3 is 0 Å². The van der Waals surface area contributed by atoms with Gasteiger partial charge in [0.25, 0.3) is 6.43 Å². The summed E-state index contributed by atoms with van der Waals surface area (Å²) in [6.45, 7) is 1.20. The van der Waals surface area contributed by atoms with E-state index in [2.05, 4.69) is 4.98 Å². The molecule has 0 aliphatic heterocycles. The van der Waals surface area contributed by atoms with Crippen LogP contribution in [0.1, 0.15) is 17.7 Å². The molecule has 0 unspecified atom stereocenters. The molecule has 0 amide bonds. The molecule has 1 aromatic heterocycles. The fourth-order valence-electron chi connectivity index (χ4n) is 0.719. The molecule has 1 heterocycles. The second kappa shape index (κ2) is 3.08. The lowest BCUT2D eigenvalue weighted by molar-refractivity contribution is 0.144. The van der Waals surface area contributed by atoms with Gasteiger partial charge in [0, 0.05) is 0 Å². The van der Waals surface area contributed by atoms with Crippen LogP contribution in [0.2, 0.25) is 0 Å². The third kappa shape index (κ3) is 1.54. The minimum Gasteiger partial charge on any atom is -0.222 e. The Labute approximate surface area is 66.0 Å². The van der Waals surface area contributed by atoms with Gasteiger partial charge in [0.15, 0.2) is 0 Å². The SMILES string of the molecule is Cc1nc(F)c(C(F)F)cc1F. The van der Waals surface area contributed by atoms with E-state index in [4.69, 9.17) is 0 Å². The second-order valence-corrected chi connectivity index (χ2v) is 2.24. The molecule has 0 bridgehead atoms. The van der Waals surface area contributed by atoms with Crippen LogP contribution < -0.4 is 0 Å². The van der Waals surface area contributed by atoms with Crippen LogP contribution in [0, 0.1) is 18.7 Å². The third-order valence-corrected chi connectivity index (χ3v) is 1.37. The fourth-order valence-corrected chi connectivity index (χ4v) is 0.719. The van der Waals surface area contributed by atoms with E-state index >= 15 is 0 Å². The summed E-state index contributed by atoms with van der Waals surface area (Å²) in [6, 6.07) is 0.461. The minimum absolute atomic E-state index is 0.225. The van der Waals surface area contributed by atoms with Crippen molar-refractivity contribution in [2.45, 2.75) is 13.3 Å². The first-order valence-corrected chi connectivity index (χ1v) is 3.13. The van der Waals surface area contributed by atoms with Crippen LogP contribution in [-0.4, -0.2) is 4.98 Å². The topological polar surface area (TPSA) is 12.9 Å². The number of hydrogen-bond acceptors (Lipinski definition) is 1. The summed E-state index contributed by atoms with van der Waals surface area (Å²) in [4.78, 5) is 2.97. The summed E-state index contributed by atoms with van der Waals surface area (Å²) in [6.07, 6.45) is -3.03. The Hall–Kier alpha value is -1.13. The Morgan fingerprint density at radius 3 is 2.42 bits per heavy atom. The highest BCUT2D eigenvalue weighted by Gasteiger charge is 2.16. The van der Waals surface area contributed by atoms with Crippen molar-refractivity contribution in [1.82, 2.24) is 4.98 Å². The van der Waals surface area contributed by atoms with E-state index in [9.17, 15) is 17.6 Å². The lowest BCUT2D eigenvalue weighted by atomic mass is 10.2. The molecule has 0 aromatic carbocycles. The van der Waals surface area contributed by atoms with Crippen molar-refractivity contribution in [1.29, 1.82) is 0 Å². The monoisotopic (exact) mass is 179 g/mol. The first-order chi connectivity index (χ1) is 5.52. The number of alkyl halides is 2. The molecule has 12 heavy (non-hydrogen) atoms. The van der Waals surface area contributed by atoms with Crippen LogP contribution in [0.15, 0.2) is 6.07 Å². The fraction of sp³-hybridized carbons (Fsp3) is 0.286. The molecule has 0 aliphatic rings. The number of aryl methyl sites for hydroxylation is 1. The van der Waals surface area contributed by atoms with E-state index in [0.717, 1.165) is 0 Å². The standard InChI is InChI=1S/C7H5F4N/c1-3-5(8)2-4(6(9)10)7(11)12-3/h2,6H,1H3. The van der Waals surface area contributed by atoms with Crippen LogP contribution >= 0.6 is 0 Å². The van der Waals surface area contributed by atoms with Gasteiger partial charge in [-0.05, 0) is 13.0 Å². The molecule has 0 atom stereocenters. The van der Waals surface area contributed by atoms with E-state index in [1.807, 2.05) is 0 Å². The number of pyridine rings is 1. The maximum absolute atomic E-state index is 12.6. The van der Waals surface area contributed by atoms with E-state index < -0.39 is 23.8 Å². The Kier molecular flexibility index (Phi) is 2.30. The molecule has 0 saturated carbocycles. The number of aromatic nitrogens is 1. The Balaban J connectivity index is 3.23. The molecule has 1 nitrogen and oxygen atoms in total. The van der Waals surface area contributed by atoms with Crippen molar-refractivity contribution < 1.29 is 17.6 Å². The van der Waals surface area contributed by atoms with Crippen LogP contribution in [0.5, 0.6) is 0 Å². The normalized spacial score (nSPS) is 10.8. The average molecular weight is 179 g/mol. The molecular formula is C7H5F4N. The predicted octanol–water partition coefficient (Wildman–Crippen LogP) is 2.61. The summed E-state index contributed by atoms with van der Waals surface area (Å²) in [7, 11) is 0. The maximum atomic E-state index is 12.6. The van der Waals surface area contributed by atoms with E-state index in [1.54, 1.807) is 0 Å². The summed E-state index contributed by atoms with van der Waals surface area (Å²) in [5, 5.41) is 0. The molecule has 0 saturated heterocycles. The molecule has 1 rings (SSSR count). The van der Waals surface area contributed by atoms with Gasteiger partial charge >= 0.3 is 0 Å². The zero-order valence-corrected chi connectivity index (χ0v) is 6.11. The van der Waals surface area contributed by atoms with Gasteiger partial charge in [-0.15, -0.1) is 0 Å². The number of halogens is 4. The molecular weight excluding hydrogens is 174 g/mol. The van der Waals surface area contributed by atoms with Crippen LogP contribution in [-0.2, 0) is 0 Å². The molecule has 0 N–H and O–H groups in total. The average Bonchev–Trinajstić information content (AvgIpc) is 1.96. The molecule has 0 radical (unpaired) electrons. The lowest BCUT2D eigenvalue weighted by Crippen LogP contribution is -1.99.